The lowest BCUT2D eigenvalue weighted by Gasteiger charge is -2.35. The van der Waals surface area contributed by atoms with Crippen molar-refractivity contribution in [2.75, 3.05) is 9.80 Å². The van der Waals surface area contributed by atoms with Crippen molar-refractivity contribution in [3.63, 3.8) is 0 Å². The monoisotopic (exact) mass is 904 g/mol. The normalized spacial score (nSPS) is 19.5. The zero-order valence-electron chi connectivity index (χ0n) is 41.0. The third-order valence-corrected chi connectivity index (χ3v) is 20.1. The topological polar surface area (TPSA) is 6.48 Å². The van der Waals surface area contributed by atoms with Crippen LogP contribution in [0.1, 0.15) is 84.0 Å². The van der Waals surface area contributed by atoms with E-state index in [9.17, 15) is 0 Å². The molecule has 2 nitrogen and oxygen atoms in total. The Labute approximate surface area is 401 Å². The van der Waals surface area contributed by atoms with Crippen molar-refractivity contribution in [1.29, 1.82) is 0 Å². The predicted octanol–water partition coefficient (Wildman–Crippen LogP) is 15.8. The summed E-state index contributed by atoms with van der Waals surface area (Å²) < 4.78 is 0. The molecule has 4 atom stereocenters. The van der Waals surface area contributed by atoms with Gasteiger partial charge in [-0.2, -0.15) is 0 Å². The lowest BCUT2D eigenvalue weighted by atomic mass is 9.67. The van der Waals surface area contributed by atoms with Crippen molar-refractivity contribution >= 4 is 72.2 Å². The van der Waals surface area contributed by atoms with Crippen LogP contribution in [-0.4, -0.2) is 28.2 Å². The van der Waals surface area contributed by atoms with Gasteiger partial charge in [-0.1, -0.05) is 203 Å². The molecule has 4 unspecified atom stereocenters. The highest BCUT2D eigenvalue weighted by Crippen LogP contribution is 2.60. The lowest BCUT2D eigenvalue weighted by Crippen LogP contribution is -2.37. The van der Waals surface area contributed by atoms with Gasteiger partial charge in [0, 0.05) is 46.7 Å². The van der Waals surface area contributed by atoms with E-state index in [0.29, 0.717) is 23.9 Å². The fourth-order valence-electron chi connectivity index (χ4n) is 11.9. The van der Waals surface area contributed by atoms with Crippen molar-refractivity contribution < 1.29 is 0 Å². The molecule has 8 aromatic carbocycles. The number of rotatable bonds is 8. The molecule has 334 valence electrons. The van der Waals surface area contributed by atoms with Gasteiger partial charge in [0.1, 0.15) is 0 Å². The van der Waals surface area contributed by atoms with Gasteiger partial charge in [0.2, 0.25) is 0 Å². The van der Waals surface area contributed by atoms with Gasteiger partial charge in [-0.05, 0) is 123 Å². The number of nitrogens with zero attached hydrogens (tertiary/aromatic N) is 2. The summed E-state index contributed by atoms with van der Waals surface area (Å²) in [5.74, 6) is 0.898. The van der Waals surface area contributed by atoms with Crippen LogP contribution in [0.2, 0.25) is 39.3 Å². The molecule has 0 radical (unpaired) electrons. The zero-order chi connectivity index (χ0) is 46.6. The Bertz CT molecular complexity index is 3190. The smallest absolute Gasteiger partial charge is 0.0776 e. The number of benzene rings is 8. The van der Waals surface area contributed by atoms with Gasteiger partial charge in [-0.15, -0.1) is 0 Å². The minimum absolute atomic E-state index is 0.323. The van der Waals surface area contributed by atoms with Crippen LogP contribution >= 0.6 is 0 Å². The molecule has 4 heteroatoms. The second kappa shape index (κ2) is 16.0. The molecule has 0 saturated carbocycles. The van der Waals surface area contributed by atoms with Crippen molar-refractivity contribution in [2.45, 2.75) is 96.3 Å². The molecule has 3 aliphatic rings. The van der Waals surface area contributed by atoms with Crippen molar-refractivity contribution in [3.05, 3.63) is 214 Å². The Balaban J connectivity index is 1.05. The van der Waals surface area contributed by atoms with E-state index in [1.807, 2.05) is 0 Å². The molecule has 8 aromatic rings. The Morgan fingerprint density at radius 2 is 0.940 bits per heavy atom. The highest BCUT2D eigenvalue weighted by atomic mass is 28.3. The highest BCUT2D eigenvalue weighted by molar-refractivity contribution is 6.89. The van der Waals surface area contributed by atoms with Crippen molar-refractivity contribution in [1.82, 2.24) is 0 Å². The van der Waals surface area contributed by atoms with Gasteiger partial charge in [-0.3, -0.25) is 0 Å². The Morgan fingerprint density at radius 3 is 1.48 bits per heavy atom. The van der Waals surface area contributed by atoms with E-state index in [-0.39, 0.29) is 0 Å². The van der Waals surface area contributed by atoms with E-state index in [1.54, 1.807) is 5.19 Å². The molecular formula is C63H64N2Si2. The Kier molecular flexibility index (Phi) is 10.3. The van der Waals surface area contributed by atoms with Crippen molar-refractivity contribution in [3.8, 4) is 11.1 Å². The Morgan fingerprint density at radius 1 is 0.448 bits per heavy atom. The predicted molar refractivity (Wildman–Crippen MR) is 295 cm³/mol. The maximum atomic E-state index is 2.63. The zero-order valence-corrected chi connectivity index (χ0v) is 43.0. The summed E-state index contributed by atoms with van der Waals surface area (Å²) in [4.78, 5) is 5.18. The van der Waals surface area contributed by atoms with Gasteiger partial charge >= 0.3 is 0 Å². The second-order valence-corrected chi connectivity index (χ2v) is 32.1. The van der Waals surface area contributed by atoms with Gasteiger partial charge in [0.15, 0.2) is 0 Å². The Hall–Kier alpha value is -6.21. The first-order valence-corrected chi connectivity index (χ1v) is 31.6. The average Bonchev–Trinajstić information content (AvgIpc) is 3.87. The van der Waals surface area contributed by atoms with Gasteiger partial charge < -0.3 is 9.80 Å². The molecule has 0 amide bonds. The summed E-state index contributed by atoms with van der Waals surface area (Å²) in [6.45, 7) is 24.3. The standard InChI is InChI=1S/C63H64N2Si2/c1-41-43(3)64(60-35-32-51(39-56(41)60)66(5,6)7)49-29-26-45(27-30-49)25-28-46-37-59-62(54-24-18-17-23-53(46)54)55-34-31-50(65-44(4)42(2)57-40-52(67(8,9)10)33-36-61(57)65)38-58(55)63(59,47-19-13-11-14-20-47)48-21-15-12-16-22-48/h11-44H,1-10H3/b28-25+. The molecule has 2 heterocycles. The first-order chi connectivity index (χ1) is 32.2. The van der Waals surface area contributed by atoms with Crippen LogP contribution in [-0.2, 0) is 5.41 Å². The third kappa shape index (κ3) is 6.85. The summed E-state index contributed by atoms with van der Waals surface area (Å²) in [6, 6.07) is 66.2. The molecule has 0 fully saturated rings. The van der Waals surface area contributed by atoms with Gasteiger partial charge in [0.25, 0.3) is 0 Å². The fraction of sp³-hybridized carbons (Fsp3) is 0.238. The van der Waals surface area contributed by atoms with Crippen LogP contribution in [0.15, 0.2) is 170 Å². The van der Waals surface area contributed by atoms with Crippen LogP contribution in [0.3, 0.4) is 0 Å². The third-order valence-electron chi connectivity index (χ3n) is 16.0. The van der Waals surface area contributed by atoms with E-state index in [4.69, 9.17) is 0 Å². The van der Waals surface area contributed by atoms with E-state index in [2.05, 4.69) is 259 Å². The van der Waals surface area contributed by atoms with E-state index in [1.165, 1.54) is 94.3 Å². The minimum atomic E-state index is -1.48. The largest absolute Gasteiger partial charge is 0.338 e. The fourth-order valence-corrected chi connectivity index (χ4v) is 14.3. The summed E-state index contributed by atoms with van der Waals surface area (Å²) in [6.07, 6.45) is 4.68. The van der Waals surface area contributed by atoms with Gasteiger partial charge in [-0.25, -0.2) is 0 Å². The maximum absolute atomic E-state index is 2.63. The number of hydrogen-bond donors (Lipinski definition) is 0. The maximum Gasteiger partial charge on any atom is 0.0776 e. The van der Waals surface area contributed by atoms with Crippen LogP contribution in [0.25, 0.3) is 34.1 Å². The molecule has 67 heavy (non-hydrogen) atoms. The summed E-state index contributed by atoms with van der Waals surface area (Å²) in [5.41, 5.74) is 17.9. The summed E-state index contributed by atoms with van der Waals surface area (Å²) in [7, 11) is -2.89. The number of fused-ring (bicyclic) bond motifs is 7. The average molecular weight is 905 g/mol. The second-order valence-electron chi connectivity index (χ2n) is 21.9. The van der Waals surface area contributed by atoms with Crippen molar-refractivity contribution in [2.24, 2.45) is 0 Å². The first-order valence-electron chi connectivity index (χ1n) is 24.6. The summed E-state index contributed by atoms with van der Waals surface area (Å²) >= 11 is 0. The van der Waals surface area contributed by atoms with Crippen LogP contribution in [0.4, 0.5) is 22.7 Å². The lowest BCUT2D eigenvalue weighted by molar-refractivity contribution is 0.642. The minimum Gasteiger partial charge on any atom is -0.338 e. The van der Waals surface area contributed by atoms with Crippen LogP contribution in [0.5, 0.6) is 0 Å². The van der Waals surface area contributed by atoms with Crippen LogP contribution < -0.4 is 20.2 Å². The molecule has 11 rings (SSSR count). The van der Waals surface area contributed by atoms with E-state index in [0.717, 1.165) is 0 Å². The molecule has 0 aromatic heterocycles. The SMILES string of the molecule is CC1c2cc([Si](C)(C)C)ccc2N(c2ccc(/C=C/c3cc4c(c5ccccc35)-c3ccc(N5c6ccc([Si](C)(C)C)cc6C(C)C5C)cc3C4(c3ccccc3)c3ccccc3)cc2)C1C. The molecular weight excluding hydrogens is 841 g/mol. The van der Waals surface area contributed by atoms with E-state index < -0.39 is 21.6 Å². The van der Waals surface area contributed by atoms with Crippen LogP contribution in [0, 0.1) is 0 Å². The molecule has 0 bridgehead atoms. The molecule has 2 aliphatic heterocycles. The highest BCUT2D eigenvalue weighted by Gasteiger charge is 2.48. The molecule has 1 aliphatic carbocycles. The van der Waals surface area contributed by atoms with Gasteiger partial charge in [0.05, 0.1) is 21.6 Å². The molecule has 0 saturated heterocycles. The number of anilines is 4. The molecule has 0 N–H and O–H groups in total. The van der Waals surface area contributed by atoms with E-state index >= 15 is 0 Å². The molecule has 0 spiro atoms. The summed E-state index contributed by atoms with van der Waals surface area (Å²) in [5, 5.41) is 5.63. The first kappa shape index (κ1) is 43.4. The quantitative estimate of drug-likeness (QED) is 0.111. The number of hydrogen-bond acceptors (Lipinski definition) is 2.